The number of hydrogen-bond acceptors (Lipinski definition) is 2. The highest BCUT2D eigenvalue weighted by Crippen LogP contribution is 2.05. The molecule has 80 valence electrons. The first kappa shape index (κ1) is 13.2. The summed E-state index contributed by atoms with van der Waals surface area (Å²) in [5, 5.41) is 0. The van der Waals surface area contributed by atoms with Crippen molar-refractivity contribution in [3.05, 3.63) is 0 Å². The lowest BCUT2D eigenvalue weighted by molar-refractivity contribution is 0.142. The van der Waals surface area contributed by atoms with Crippen LogP contribution in [-0.2, 0) is 4.74 Å². The zero-order chi connectivity index (χ0) is 10.1. The second kappa shape index (κ2) is 8.79. The number of hydrogen-bond donors (Lipinski definition) is 0. The molecule has 3 heteroatoms. The summed E-state index contributed by atoms with van der Waals surface area (Å²) in [7, 11) is 1.75. The van der Waals surface area contributed by atoms with Crippen LogP contribution in [0.1, 0.15) is 26.7 Å². The highest BCUT2D eigenvalue weighted by Gasteiger charge is 2.11. The molecule has 0 bridgehead atoms. The molecule has 0 heterocycles. The zero-order valence-corrected chi connectivity index (χ0v) is 9.81. The van der Waals surface area contributed by atoms with Crippen molar-refractivity contribution < 1.29 is 4.74 Å². The van der Waals surface area contributed by atoms with E-state index in [-0.39, 0.29) is 0 Å². The number of methoxy groups -OCH3 is 1. The Bertz CT molecular complexity index is 105. The Morgan fingerprint density at radius 2 is 2.08 bits per heavy atom. The first-order chi connectivity index (χ1) is 6.26. The molecular formula is C10H22ClNO. The summed E-state index contributed by atoms with van der Waals surface area (Å²) in [4.78, 5) is 2.42. The number of alkyl halides is 1. The van der Waals surface area contributed by atoms with E-state index in [9.17, 15) is 0 Å². The molecule has 2 nitrogen and oxygen atoms in total. The van der Waals surface area contributed by atoms with Gasteiger partial charge in [-0.25, -0.2) is 0 Å². The fourth-order valence-electron chi connectivity index (χ4n) is 1.42. The van der Waals surface area contributed by atoms with Gasteiger partial charge < -0.3 is 4.74 Å². The van der Waals surface area contributed by atoms with E-state index in [1.54, 1.807) is 7.11 Å². The summed E-state index contributed by atoms with van der Waals surface area (Å²) in [6, 6.07) is 0.582. The van der Waals surface area contributed by atoms with Crippen LogP contribution < -0.4 is 0 Å². The van der Waals surface area contributed by atoms with Crippen LogP contribution in [0.15, 0.2) is 0 Å². The summed E-state index contributed by atoms with van der Waals surface area (Å²) >= 11 is 5.74. The van der Waals surface area contributed by atoms with E-state index in [0.717, 1.165) is 32.0 Å². The molecule has 1 unspecified atom stereocenters. The fraction of sp³-hybridized carbons (Fsp3) is 1.00. The Kier molecular flexibility index (Phi) is 8.93. The molecule has 0 saturated heterocycles. The van der Waals surface area contributed by atoms with Gasteiger partial charge in [-0.15, -0.1) is 11.6 Å². The molecule has 0 aliphatic carbocycles. The van der Waals surface area contributed by atoms with Gasteiger partial charge in [0.25, 0.3) is 0 Å². The summed E-state index contributed by atoms with van der Waals surface area (Å²) in [5.74, 6) is 0.720. The molecule has 0 N–H and O–H groups in total. The van der Waals surface area contributed by atoms with E-state index in [1.807, 2.05) is 0 Å². The zero-order valence-electron chi connectivity index (χ0n) is 9.05. The molecule has 0 spiro atoms. The quantitative estimate of drug-likeness (QED) is 0.567. The van der Waals surface area contributed by atoms with Crippen molar-refractivity contribution >= 4 is 11.6 Å². The van der Waals surface area contributed by atoms with Gasteiger partial charge in [0.15, 0.2) is 0 Å². The number of halogens is 1. The van der Waals surface area contributed by atoms with E-state index in [2.05, 4.69) is 18.7 Å². The fourth-order valence-corrected chi connectivity index (χ4v) is 1.64. The molecule has 0 fully saturated rings. The van der Waals surface area contributed by atoms with Crippen molar-refractivity contribution in [2.24, 2.45) is 0 Å². The lowest BCUT2D eigenvalue weighted by Gasteiger charge is -2.27. The highest BCUT2D eigenvalue weighted by molar-refractivity contribution is 6.18. The smallest absolute Gasteiger partial charge is 0.0477 e. The Hall–Kier alpha value is 0.210. The average Bonchev–Trinajstić information content (AvgIpc) is 2.14. The Labute approximate surface area is 87.2 Å². The third-order valence-corrected chi connectivity index (χ3v) is 2.41. The molecule has 0 amide bonds. The van der Waals surface area contributed by atoms with Crippen LogP contribution in [0.2, 0.25) is 0 Å². The summed E-state index contributed by atoms with van der Waals surface area (Å²) in [5.41, 5.74) is 0. The number of rotatable bonds is 8. The number of nitrogens with zero attached hydrogens (tertiary/aromatic N) is 1. The van der Waals surface area contributed by atoms with Gasteiger partial charge in [0.05, 0.1) is 0 Å². The van der Waals surface area contributed by atoms with E-state index < -0.39 is 0 Å². The Morgan fingerprint density at radius 1 is 1.38 bits per heavy atom. The van der Waals surface area contributed by atoms with E-state index in [1.165, 1.54) is 6.42 Å². The van der Waals surface area contributed by atoms with Crippen LogP contribution in [0.3, 0.4) is 0 Å². The molecule has 0 aromatic rings. The Morgan fingerprint density at radius 3 is 2.54 bits per heavy atom. The van der Waals surface area contributed by atoms with E-state index in [4.69, 9.17) is 16.3 Å². The van der Waals surface area contributed by atoms with Crippen molar-refractivity contribution in [1.82, 2.24) is 4.90 Å². The van der Waals surface area contributed by atoms with Gasteiger partial charge >= 0.3 is 0 Å². The third kappa shape index (κ3) is 6.30. The maximum Gasteiger partial charge on any atom is 0.0477 e. The van der Waals surface area contributed by atoms with Crippen molar-refractivity contribution in [2.75, 3.05) is 32.7 Å². The van der Waals surface area contributed by atoms with Crippen LogP contribution in [0.4, 0.5) is 0 Å². The molecule has 0 aromatic heterocycles. The molecule has 0 saturated carbocycles. The van der Waals surface area contributed by atoms with Crippen molar-refractivity contribution in [1.29, 1.82) is 0 Å². The predicted octanol–water partition coefficient (Wildman–Crippen LogP) is 2.36. The first-order valence-corrected chi connectivity index (χ1v) is 5.58. The second-order valence-electron chi connectivity index (χ2n) is 3.36. The third-order valence-electron chi connectivity index (χ3n) is 2.25. The second-order valence-corrected chi connectivity index (χ2v) is 3.73. The van der Waals surface area contributed by atoms with Crippen molar-refractivity contribution in [3.63, 3.8) is 0 Å². The van der Waals surface area contributed by atoms with E-state index >= 15 is 0 Å². The van der Waals surface area contributed by atoms with Crippen LogP contribution in [0, 0.1) is 0 Å². The van der Waals surface area contributed by atoms with Gasteiger partial charge in [0.2, 0.25) is 0 Å². The topological polar surface area (TPSA) is 12.5 Å². The summed E-state index contributed by atoms with van der Waals surface area (Å²) in [6.07, 6.45) is 2.28. The van der Waals surface area contributed by atoms with Crippen molar-refractivity contribution in [2.45, 2.75) is 32.7 Å². The summed E-state index contributed by atoms with van der Waals surface area (Å²) in [6.45, 7) is 7.40. The van der Waals surface area contributed by atoms with Crippen LogP contribution in [0.25, 0.3) is 0 Å². The minimum absolute atomic E-state index is 0.582. The maximum atomic E-state index is 5.74. The molecule has 0 aromatic carbocycles. The summed E-state index contributed by atoms with van der Waals surface area (Å²) < 4.78 is 5.06. The maximum absolute atomic E-state index is 5.74. The van der Waals surface area contributed by atoms with Crippen LogP contribution >= 0.6 is 11.6 Å². The standard InChI is InChI=1S/C10H22ClNO/c1-4-7-12(8-6-11)10(2)5-9-13-3/h10H,4-9H2,1-3H3. The van der Waals surface area contributed by atoms with Gasteiger partial charge in [-0.3, -0.25) is 4.90 Å². The normalized spacial score (nSPS) is 13.6. The predicted molar refractivity (Wildman–Crippen MR) is 58.5 cm³/mol. The van der Waals surface area contributed by atoms with Crippen LogP contribution in [-0.4, -0.2) is 43.6 Å². The van der Waals surface area contributed by atoms with Gasteiger partial charge in [-0.2, -0.15) is 0 Å². The molecule has 1 atom stereocenters. The largest absolute Gasteiger partial charge is 0.385 e. The average molecular weight is 208 g/mol. The molecule has 13 heavy (non-hydrogen) atoms. The molecular weight excluding hydrogens is 186 g/mol. The van der Waals surface area contributed by atoms with Crippen LogP contribution in [0.5, 0.6) is 0 Å². The molecule has 0 aliphatic rings. The van der Waals surface area contributed by atoms with Gasteiger partial charge in [0, 0.05) is 32.2 Å². The molecule has 0 radical (unpaired) electrons. The SMILES string of the molecule is CCCN(CCCl)C(C)CCOC. The highest BCUT2D eigenvalue weighted by atomic mass is 35.5. The van der Waals surface area contributed by atoms with E-state index in [0.29, 0.717) is 6.04 Å². The lowest BCUT2D eigenvalue weighted by Crippen LogP contribution is -2.36. The molecule has 0 aliphatic heterocycles. The van der Waals surface area contributed by atoms with Gasteiger partial charge in [-0.05, 0) is 26.3 Å². The Balaban J connectivity index is 3.72. The molecule has 0 rings (SSSR count). The van der Waals surface area contributed by atoms with Gasteiger partial charge in [0.1, 0.15) is 0 Å². The minimum atomic E-state index is 0.582. The van der Waals surface area contributed by atoms with Crippen molar-refractivity contribution in [3.8, 4) is 0 Å². The monoisotopic (exact) mass is 207 g/mol. The number of ether oxygens (including phenoxy) is 1. The first-order valence-electron chi connectivity index (χ1n) is 5.05. The minimum Gasteiger partial charge on any atom is -0.385 e. The lowest BCUT2D eigenvalue weighted by atomic mass is 10.2. The van der Waals surface area contributed by atoms with Gasteiger partial charge in [-0.1, -0.05) is 6.92 Å².